The van der Waals surface area contributed by atoms with Crippen molar-refractivity contribution in [3.05, 3.63) is 47.2 Å². The summed E-state index contributed by atoms with van der Waals surface area (Å²) in [5.74, 6) is 0.241. The molecule has 0 saturated heterocycles. The Kier molecular flexibility index (Phi) is 4.60. The number of hydrogen-bond acceptors (Lipinski definition) is 5. The summed E-state index contributed by atoms with van der Waals surface area (Å²) in [6.45, 7) is 5.57. The van der Waals surface area contributed by atoms with Gasteiger partial charge in [0.15, 0.2) is 11.6 Å². The van der Waals surface area contributed by atoms with Crippen LogP contribution in [0.1, 0.15) is 52.3 Å². The number of hydrogen-bond donors (Lipinski definition) is 1. The van der Waals surface area contributed by atoms with Gasteiger partial charge >= 0.3 is 5.97 Å². The van der Waals surface area contributed by atoms with Crippen molar-refractivity contribution < 1.29 is 18.7 Å². The lowest BCUT2D eigenvalue weighted by Crippen LogP contribution is -2.14. The number of carbonyl (C=O) groups excluding carboxylic acids is 2. The highest BCUT2D eigenvalue weighted by molar-refractivity contribution is 6.04. The Balaban J connectivity index is 2.20. The predicted octanol–water partition coefficient (Wildman–Crippen LogP) is 3.15. The zero-order chi connectivity index (χ0) is 16.3. The number of oxazole rings is 1. The van der Waals surface area contributed by atoms with Crippen molar-refractivity contribution in [3.8, 4) is 0 Å². The van der Waals surface area contributed by atoms with Crippen LogP contribution in [0.2, 0.25) is 0 Å². The summed E-state index contributed by atoms with van der Waals surface area (Å²) in [5.41, 5.74) is 1.09. The van der Waals surface area contributed by atoms with E-state index in [0.29, 0.717) is 22.9 Å². The molecule has 0 aliphatic carbocycles. The normalized spacial score (nSPS) is 10.6. The second kappa shape index (κ2) is 6.43. The molecule has 1 amide bonds. The maximum atomic E-state index is 12.3. The van der Waals surface area contributed by atoms with E-state index in [2.05, 4.69) is 15.0 Å². The smallest absolute Gasteiger partial charge is 0.337 e. The Hall–Kier alpha value is -2.63. The number of amides is 1. The second-order valence-electron chi connectivity index (χ2n) is 5.14. The first-order valence-corrected chi connectivity index (χ1v) is 6.89. The number of ether oxygens (including phenoxy) is 1. The fourth-order valence-electron chi connectivity index (χ4n) is 1.91. The molecule has 0 spiro atoms. The van der Waals surface area contributed by atoms with E-state index in [4.69, 9.17) is 4.42 Å². The van der Waals surface area contributed by atoms with Gasteiger partial charge < -0.3 is 14.5 Å². The number of nitrogens with one attached hydrogen (secondary N) is 1. The number of aromatic nitrogens is 1. The maximum absolute atomic E-state index is 12.3. The number of aryl methyl sites for hydroxylation is 1. The van der Waals surface area contributed by atoms with Gasteiger partial charge in [0.1, 0.15) is 5.76 Å². The number of anilines is 1. The molecule has 0 aliphatic rings. The summed E-state index contributed by atoms with van der Waals surface area (Å²) < 4.78 is 10.1. The van der Waals surface area contributed by atoms with Crippen LogP contribution in [0.3, 0.4) is 0 Å². The lowest BCUT2D eigenvalue weighted by Gasteiger charge is -2.05. The lowest BCUT2D eigenvalue weighted by molar-refractivity contribution is 0.0600. The summed E-state index contributed by atoms with van der Waals surface area (Å²) in [7, 11) is 1.31. The van der Waals surface area contributed by atoms with Crippen LogP contribution in [-0.4, -0.2) is 24.0 Å². The molecule has 0 atom stereocenters. The number of carbonyl (C=O) groups is 2. The first-order valence-electron chi connectivity index (χ1n) is 6.89. The van der Waals surface area contributed by atoms with Crippen LogP contribution in [0.25, 0.3) is 0 Å². The fraction of sp³-hybridized carbons (Fsp3) is 0.312. The standard InChI is InChI=1S/C16H18N2O4/c1-9(2)15-18-13(10(3)22-15)14(19)17-12-7-5-6-11(8-12)16(20)21-4/h5-9H,1-4H3,(H,17,19). The molecular formula is C16H18N2O4. The molecule has 0 aliphatic heterocycles. The zero-order valence-corrected chi connectivity index (χ0v) is 13.0. The Morgan fingerprint density at radius 3 is 2.64 bits per heavy atom. The van der Waals surface area contributed by atoms with Crippen LogP contribution < -0.4 is 5.32 Å². The molecule has 2 aromatic rings. The van der Waals surface area contributed by atoms with Crippen molar-refractivity contribution in [2.75, 3.05) is 12.4 Å². The van der Waals surface area contributed by atoms with Gasteiger partial charge in [-0.3, -0.25) is 4.79 Å². The van der Waals surface area contributed by atoms with Gasteiger partial charge in [-0.15, -0.1) is 0 Å². The summed E-state index contributed by atoms with van der Waals surface area (Å²) in [6, 6.07) is 6.50. The molecule has 0 unspecified atom stereocenters. The average Bonchev–Trinajstić information content (AvgIpc) is 2.89. The van der Waals surface area contributed by atoms with Gasteiger partial charge in [-0.05, 0) is 25.1 Å². The molecule has 1 heterocycles. The topological polar surface area (TPSA) is 81.4 Å². The van der Waals surface area contributed by atoms with Crippen molar-refractivity contribution in [3.63, 3.8) is 0 Å². The average molecular weight is 302 g/mol. The molecular weight excluding hydrogens is 284 g/mol. The summed E-state index contributed by atoms with van der Waals surface area (Å²) >= 11 is 0. The minimum atomic E-state index is -0.462. The summed E-state index contributed by atoms with van der Waals surface area (Å²) in [5, 5.41) is 2.70. The van der Waals surface area contributed by atoms with Gasteiger partial charge in [0.2, 0.25) is 0 Å². The molecule has 1 aromatic carbocycles. The second-order valence-corrected chi connectivity index (χ2v) is 5.14. The fourth-order valence-corrected chi connectivity index (χ4v) is 1.91. The van der Waals surface area contributed by atoms with Crippen molar-refractivity contribution in [2.45, 2.75) is 26.7 Å². The first-order chi connectivity index (χ1) is 10.4. The molecule has 6 nitrogen and oxygen atoms in total. The number of rotatable bonds is 4. The molecule has 22 heavy (non-hydrogen) atoms. The molecule has 1 N–H and O–H groups in total. The third kappa shape index (κ3) is 3.33. The van der Waals surface area contributed by atoms with E-state index in [1.54, 1.807) is 31.2 Å². The maximum Gasteiger partial charge on any atom is 0.337 e. The highest BCUT2D eigenvalue weighted by atomic mass is 16.5. The van der Waals surface area contributed by atoms with E-state index in [1.807, 2.05) is 13.8 Å². The van der Waals surface area contributed by atoms with Gasteiger partial charge in [0, 0.05) is 11.6 Å². The molecule has 0 bridgehead atoms. The van der Waals surface area contributed by atoms with Crippen molar-refractivity contribution in [1.82, 2.24) is 4.98 Å². The van der Waals surface area contributed by atoms with Gasteiger partial charge in [-0.1, -0.05) is 19.9 Å². The summed E-state index contributed by atoms with van der Waals surface area (Å²) in [6.07, 6.45) is 0. The van der Waals surface area contributed by atoms with Crippen LogP contribution in [0.15, 0.2) is 28.7 Å². The Bertz CT molecular complexity index is 704. The molecule has 116 valence electrons. The monoisotopic (exact) mass is 302 g/mol. The molecule has 0 saturated carbocycles. The van der Waals surface area contributed by atoms with E-state index in [9.17, 15) is 9.59 Å². The van der Waals surface area contributed by atoms with Crippen LogP contribution in [0, 0.1) is 6.92 Å². The number of methoxy groups -OCH3 is 1. The van der Waals surface area contributed by atoms with Crippen LogP contribution in [0.5, 0.6) is 0 Å². The van der Waals surface area contributed by atoms with Crippen LogP contribution in [-0.2, 0) is 4.74 Å². The van der Waals surface area contributed by atoms with E-state index in [-0.39, 0.29) is 17.5 Å². The Morgan fingerprint density at radius 2 is 2.05 bits per heavy atom. The zero-order valence-electron chi connectivity index (χ0n) is 13.0. The van der Waals surface area contributed by atoms with Crippen LogP contribution in [0.4, 0.5) is 5.69 Å². The highest BCUT2D eigenvalue weighted by Crippen LogP contribution is 2.19. The van der Waals surface area contributed by atoms with E-state index in [0.717, 1.165) is 0 Å². The van der Waals surface area contributed by atoms with Crippen molar-refractivity contribution in [1.29, 1.82) is 0 Å². The summed E-state index contributed by atoms with van der Waals surface area (Å²) in [4.78, 5) is 28.0. The molecule has 2 rings (SSSR count). The van der Waals surface area contributed by atoms with Gasteiger partial charge in [0.05, 0.1) is 12.7 Å². The molecule has 0 fully saturated rings. The van der Waals surface area contributed by atoms with Crippen molar-refractivity contribution in [2.24, 2.45) is 0 Å². The quantitative estimate of drug-likeness (QED) is 0.877. The molecule has 1 aromatic heterocycles. The number of nitrogens with zero attached hydrogens (tertiary/aromatic N) is 1. The molecule has 6 heteroatoms. The Morgan fingerprint density at radius 1 is 1.32 bits per heavy atom. The van der Waals surface area contributed by atoms with Gasteiger partial charge in [0.25, 0.3) is 5.91 Å². The minimum Gasteiger partial charge on any atom is -0.465 e. The third-order valence-corrected chi connectivity index (χ3v) is 3.06. The number of benzene rings is 1. The first kappa shape index (κ1) is 15.8. The lowest BCUT2D eigenvalue weighted by atomic mass is 10.2. The SMILES string of the molecule is COC(=O)c1cccc(NC(=O)c2nc(C(C)C)oc2C)c1. The predicted molar refractivity (Wildman–Crippen MR) is 81.1 cm³/mol. The highest BCUT2D eigenvalue weighted by Gasteiger charge is 2.19. The minimum absolute atomic E-state index is 0.0999. The molecule has 0 radical (unpaired) electrons. The van der Waals surface area contributed by atoms with Crippen molar-refractivity contribution >= 4 is 17.6 Å². The number of esters is 1. The van der Waals surface area contributed by atoms with Gasteiger partial charge in [-0.25, -0.2) is 9.78 Å². The van der Waals surface area contributed by atoms with E-state index >= 15 is 0 Å². The van der Waals surface area contributed by atoms with E-state index < -0.39 is 5.97 Å². The van der Waals surface area contributed by atoms with Gasteiger partial charge in [-0.2, -0.15) is 0 Å². The third-order valence-electron chi connectivity index (χ3n) is 3.06. The Labute approximate surface area is 128 Å². The van der Waals surface area contributed by atoms with Crippen LogP contribution >= 0.6 is 0 Å². The largest absolute Gasteiger partial charge is 0.465 e. The van der Waals surface area contributed by atoms with E-state index in [1.165, 1.54) is 7.11 Å².